The molecule has 20 heavy (non-hydrogen) atoms. The summed E-state index contributed by atoms with van der Waals surface area (Å²) in [5.74, 6) is -1.29. The van der Waals surface area contributed by atoms with Gasteiger partial charge in [0.15, 0.2) is 0 Å². The lowest BCUT2D eigenvalue weighted by atomic mass is 10.1. The van der Waals surface area contributed by atoms with Crippen molar-refractivity contribution in [2.24, 2.45) is 5.73 Å². The molecule has 0 heterocycles. The van der Waals surface area contributed by atoms with Crippen LogP contribution in [-0.4, -0.2) is 32.7 Å². The Hall–Kier alpha value is -2.33. The summed E-state index contributed by atoms with van der Waals surface area (Å²) in [5.41, 5.74) is 11.0. The Morgan fingerprint density at radius 2 is 2.20 bits per heavy atom. The summed E-state index contributed by atoms with van der Waals surface area (Å²) in [6.45, 7) is 1.07. The molecule has 0 fully saturated rings. The van der Waals surface area contributed by atoms with Crippen LogP contribution in [0, 0.1) is 17.1 Å². The average molecular weight is 280 g/mol. The van der Waals surface area contributed by atoms with E-state index in [0.717, 1.165) is 6.07 Å². The minimum Gasteiger partial charge on any atom is -0.398 e. The molecular weight excluding hydrogens is 263 g/mol. The first-order chi connectivity index (χ1) is 9.51. The molecule has 1 rings (SSSR count). The summed E-state index contributed by atoms with van der Waals surface area (Å²) >= 11 is 0. The maximum Gasteiger partial charge on any atom is 0.250 e. The number of halogens is 1. The summed E-state index contributed by atoms with van der Waals surface area (Å²) in [4.78, 5) is 12.9. The molecule has 7 heteroatoms. The van der Waals surface area contributed by atoms with Crippen molar-refractivity contribution >= 4 is 17.3 Å². The number of carbonyl (C=O) groups excluding carboxylic acids is 1. The Morgan fingerprint density at radius 3 is 2.75 bits per heavy atom. The number of anilines is 2. The molecule has 1 aromatic carbocycles. The van der Waals surface area contributed by atoms with Gasteiger partial charge in [0.25, 0.3) is 5.91 Å². The lowest BCUT2D eigenvalue weighted by Crippen LogP contribution is -2.29. The van der Waals surface area contributed by atoms with E-state index in [-0.39, 0.29) is 23.4 Å². The van der Waals surface area contributed by atoms with Gasteiger partial charge in [0.1, 0.15) is 5.82 Å². The summed E-state index contributed by atoms with van der Waals surface area (Å²) in [6, 6.07) is 4.35. The van der Waals surface area contributed by atoms with Crippen LogP contribution >= 0.6 is 0 Å². The molecule has 0 bridgehead atoms. The standard InChI is InChI=1S/C13H17FN4O2/c1-20-6-5-18(4-2-3-15)12-7-9(13(17)19)11(16)8-10(12)14/h7-8H,2,4-6,16H2,1H3,(H2,17,19). The van der Waals surface area contributed by atoms with Gasteiger partial charge < -0.3 is 21.1 Å². The molecule has 0 aliphatic rings. The van der Waals surface area contributed by atoms with Crippen LogP contribution in [0.3, 0.4) is 0 Å². The van der Waals surface area contributed by atoms with E-state index in [1.807, 2.05) is 6.07 Å². The molecule has 0 aliphatic carbocycles. The van der Waals surface area contributed by atoms with Crippen LogP contribution in [0.15, 0.2) is 12.1 Å². The molecule has 1 aromatic rings. The predicted octanol–water partition coefficient (Wildman–Crippen LogP) is 0.873. The Kier molecular flexibility index (Phi) is 5.74. The van der Waals surface area contributed by atoms with Crippen molar-refractivity contribution in [1.82, 2.24) is 0 Å². The lowest BCUT2D eigenvalue weighted by Gasteiger charge is -2.24. The van der Waals surface area contributed by atoms with Gasteiger partial charge in [-0.1, -0.05) is 0 Å². The number of nitriles is 1. The van der Waals surface area contributed by atoms with E-state index in [9.17, 15) is 9.18 Å². The third kappa shape index (κ3) is 3.83. The quantitative estimate of drug-likeness (QED) is 0.721. The number of amides is 1. The van der Waals surface area contributed by atoms with Crippen LogP contribution in [-0.2, 0) is 4.74 Å². The van der Waals surface area contributed by atoms with Gasteiger partial charge in [-0.05, 0) is 12.1 Å². The van der Waals surface area contributed by atoms with Crippen LogP contribution in [0.4, 0.5) is 15.8 Å². The highest BCUT2D eigenvalue weighted by atomic mass is 19.1. The fraction of sp³-hybridized carbons (Fsp3) is 0.385. The van der Waals surface area contributed by atoms with E-state index in [0.29, 0.717) is 19.7 Å². The highest BCUT2D eigenvalue weighted by molar-refractivity contribution is 5.99. The number of nitrogen functional groups attached to an aromatic ring is 1. The molecule has 0 saturated heterocycles. The number of carbonyl (C=O) groups is 1. The average Bonchev–Trinajstić information content (AvgIpc) is 2.39. The second kappa shape index (κ2) is 7.31. The molecule has 1 amide bonds. The van der Waals surface area contributed by atoms with Gasteiger partial charge in [-0.15, -0.1) is 0 Å². The van der Waals surface area contributed by atoms with Crippen molar-refractivity contribution in [1.29, 1.82) is 5.26 Å². The molecule has 0 radical (unpaired) electrons. The SMILES string of the molecule is COCCN(CCC#N)c1cc(C(N)=O)c(N)cc1F. The Balaban J connectivity index is 3.14. The van der Waals surface area contributed by atoms with Crippen LogP contribution in [0.25, 0.3) is 0 Å². The van der Waals surface area contributed by atoms with Gasteiger partial charge in [0.05, 0.1) is 30.3 Å². The van der Waals surface area contributed by atoms with Gasteiger partial charge in [-0.25, -0.2) is 4.39 Å². The minimum atomic E-state index is -0.726. The molecule has 0 saturated carbocycles. The third-order valence-corrected chi connectivity index (χ3v) is 2.78. The van der Waals surface area contributed by atoms with Gasteiger partial charge in [-0.3, -0.25) is 4.79 Å². The van der Waals surface area contributed by atoms with Gasteiger partial charge >= 0.3 is 0 Å². The number of methoxy groups -OCH3 is 1. The number of benzene rings is 1. The van der Waals surface area contributed by atoms with E-state index in [1.165, 1.54) is 13.2 Å². The highest BCUT2D eigenvalue weighted by Gasteiger charge is 2.16. The summed E-state index contributed by atoms with van der Waals surface area (Å²) < 4.78 is 19.0. The first-order valence-corrected chi connectivity index (χ1v) is 6.01. The van der Waals surface area contributed by atoms with Gasteiger partial charge in [-0.2, -0.15) is 5.26 Å². The Bertz CT molecular complexity index is 528. The summed E-state index contributed by atoms with van der Waals surface area (Å²) in [5, 5.41) is 8.65. The lowest BCUT2D eigenvalue weighted by molar-refractivity contribution is 0.100. The highest BCUT2D eigenvalue weighted by Crippen LogP contribution is 2.25. The van der Waals surface area contributed by atoms with Crippen molar-refractivity contribution in [3.8, 4) is 6.07 Å². The monoisotopic (exact) mass is 280 g/mol. The number of ether oxygens (including phenoxy) is 1. The number of hydrogen-bond donors (Lipinski definition) is 2. The molecule has 4 N–H and O–H groups in total. The fourth-order valence-electron chi connectivity index (χ4n) is 1.77. The van der Waals surface area contributed by atoms with Crippen molar-refractivity contribution < 1.29 is 13.9 Å². The Morgan fingerprint density at radius 1 is 1.50 bits per heavy atom. The zero-order chi connectivity index (χ0) is 15.1. The number of primary amides is 1. The molecule has 0 unspecified atom stereocenters. The van der Waals surface area contributed by atoms with Gasteiger partial charge in [0, 0.05) is 25.9 Å². The van der Waals surface area contributed by atoms with Crippen LogP contribution in [0.2, 0.25) is 0 Å². The molecule has 6 nitrogen and oxygen atoms in total. The minimum absolute atomic E-state index is 0.00859. The topological polar surface area (TPSA) is 105 Å². The van der Waals surface area contributed by atoms with Crippen molar-refractivity contribution in [2.75, 3.05) is 37.4 Å². The molecule has 0 aliphatic heterocycles. The fourth-order valence-corrected chi connectivity index (χ4v) is 1.77. The third-order valence-electron chi connectivity index (χ3n) is 2.78. The molecule has 0 spiro atoms. The summed E-state index contributed by atoms with van der Waals surface area (Å²) in [7, 11) is 1.52. The normalized spacial score (nSPS) is 10.1. The van der Waals surface area contributed by atoms with E-state index in [2.05, 4.69) is 0 Å². The number of nitrogens with zero attached hydrogens (tertiary/aromatic N) is 2. The molecular formula is C13H17FN4O2. The van der Waals surface area contributed by atoms with Crippen LogP contribution < -0.4 is 16.4 Å². The van der Waals surface area contributed by atoms with E-state index < -0.39 is 11.7 Å². The largest absolute Gasteiger partial charge is 0.398 e. The second-order valence-electron chi connectivity index (χ2n) is 4.14. The number of hydrogen-bond acceptors (Lipinski definition) is 5. The molecule has 0 aromatic heterocycles. The Labute approximate surface area is 116 Å². The van der Waals surface area contributed by atoms with Crippen molar-refractivity contribution in [3.63, 3.8) is 0 Å². The van der Waals surface area contributed by atoms with E-state index in [1.54, 1.807) is 4.90 Å². The van der Waals surface area contributed by atoms with Gasteiger partial charge in [0.2, 0.25) is 0 Å². The van der Waals surface area contributed by atoms with Crippen LogP contribution in [0.1, 0.15) is 16.8 Å². The summed E-state index contributed by atoms with van der Waals surface area (Å²) in [6.07, 6.45) is 0.222. The number of rotatable bonds is 7. The second-order valence-corrected chi connectivity index (χ2v) is 4.14. The van der Waals surface area contributed by atoms with E-state index in [4.69, 9.17) is 21.5 Å². The smallest absolute Gasteiger partial charge is 0.250 e. The molecule has 108 valence electrons. The predicted molar refractivity (Wildman–Crippen MR) is 73.6 cm³/mol. The maximum atomic E-state index is 14.0. The van der Waals surface area contributed by atoms with Crippen molar-refractivity contribution in [3.05, 3.63) is 23.5 Å². The van der Waals surface area contributed by atoms with Crippen LogP contribution in [0.5, 0.6) is 0 Å². The maximum absolute atomic E-state index is 14.0. The zero-order valence-corrected chi connectivity index (χ0v) is 11.2. The first kappa shape index (κ1) is 15.7. The first-order valence-electron chi connectivity index (χ1n) is 6.01. The number of nitrogens with two attached hydrogens (primary N) is 2. The molecule has 0 atom stereocenters. The van der Waals surface area contributed by atoms with Crippen molar-refractivity contribution in [2.45, 2.75) is 6.42 Å². The zero-order valence-electron chi connectivity index (χ0n) is 11.2. The van der Waals surface area contributed by atoms with E-state index >= 15 is 0 Å².